The number of rotatable bonds is 5. The molecule has 1 N–H and O–H groups in total. The highest BCUT2D eigenvalue weighted by Crippen LogP contribution is 2.26. The van der Waals surface area contributed by atoms with E-state index in [2.05, 4.69) is 23.3 Å². The number of hydrogen-bond acceptors (Lipinski definition) is 3. The molecule has 0 radical (unpaired) electrons. The van der Waals surface area contributed by atoms with Gasteiger partial charge in [-0.25, -0.2) is 9.37 Å². The van der Waals surface area contributed by atoms with Crippen LogP contribution in [0.15, 0.2) is 53.9 Å². The number of amides is 1. The second-order valence-electron chi connectivity index (χ2n) is 5.54. The van der Waals surface area contributed by atoms with Gasteiger partial charge in [-0.15, -0.1) is 11.3 Å². The van der Waals surface area contributed by atoms with Crippen LogP contribution < -0.4 is 5.32 Å². The lowest BCUT2D eigenvalue weighted by Gasteiger charge is -2.04. The van der Waals surface area contributed by atoms with E-state index < -0.39 is 0 Å². The van der Waals surface area contributed by atoms with Crippen molar-refractivity contribution < 1.29 is 9.18 Å². The Kier molecular flexibility index (Phi) is 5.01. The molecule has 122 valence electrons. The standard InChI is InChI=1S/C19H17FN2OS/c1-13-4-2-3-5-17(13)19-22-16(12-24-19)11-21-18(23)10-14-6-8-15(20)9-7-14/h2-9,12H,10-11H2,1H3,(H,21,23). The maximum atomic E-state index is 12.9. The van der Waals surface area contributed by atoms with E-state index in [4.69, 9.17) is 0 Å². The van der Waals surface area contributed by atoms with Crippen LogP contribution in [0.1, 0.15) is 16.8 Å². The lowest BCUT2D eigenvalue weighted by Crippen LogP contribution is -2.24. The van der Waals surface area contributed by atoms with Crippen molar-refractivity contribution in [1.29, 1.82) is 0 Å². The first-order chi connectivity index (χ1) is 11.6. The molecule has 3 aromatic rings. The predicted molar refractivity (Wildman–Crippen MR) is 94.2 cm³/mol. The number of benzene rings is 2. The molecular weight excluding hydrogens is 323 g/mol. The van der Waals surface area contributed by atoms with Gasteiger partial charge in [-0.2, -0.15) is 0 Å². The van der Waals surface area contributed by atoms with Crippen molar-refractivity contribution in [3.8, 4) is 10.6 Å². The van der Waals surface area contributed by atoms with E-state index in [0.29, 0.717) is 6.54 Å². The zero-order chi connectivity index (χ0) is 16.9. The molecule has 0 bridgehead atoms. The Morgan fingerprint density at radius 1 is 1.17 bits per heavy atom. The summed E-state index contributed by atoms with van der Waals surface area (Å²) in [6, 6.07) is 14.1. The SMILES string of the molecule is Cc1ccccc1-c1nc(CNC(=O)Cc2ccc(F)cc2)cs1. The smallest absolute Gasteiger partial charge is 0.224 e. The molecule has 2 aromatic carbocycles. The third-order valence-electron chi connectivity index (χ3n) is 3.67. The Morgan fingerprint density at radius 2 is 1.92 bits per heavy atom. The second kappa shape index (κ2) is 7.36. The lowest BCUT2D eigenvalue weighted by molar-refractivity contribution is -0.120. The van der Waals surface area contributed by atoms with Gasteiger partial charge in [0.25, 0.3) is 0 Å². The van der Waals surface area contributed by atoms with E-state index in [1.54, 1.807) is 23.5 Å². The monoisotopic (exact) mass is 340 g/mol. The number of hydrogen-bond donors (Lipinski definition) is 1. The van der Waals surface area contributed by atoms with Gasteiger partial charge in [0, 0.05) is 10.9 Å². The van der Waals surface area contributed by atoms with Crippen LogP contribution in [0.4, 0.5) is 4.39 Å². The number of carbonyl (C=O) groups is 1. The van der Waals surface area contributed by atoms with Crippen LogP contribution in [0.2, 0.25) is 0 Å². The first kappa shape index (κ1) is 16.3. The summed E-state index contributed by atoms with van der Waals surface area (Å²) in [4.78, 5) is 16.6. The van der Waals surface area contributed by atoms with Crippen molar-refractivity contribution in [3.05, 3.63) is 76.5 Å². The Hall–Kier alpha value is -2.53. The zero-order valence-electron chi connectivity index (χ0n) is 13.3. The van der Waals surface area contributed by atoms with Gasteiger partial charge in [-0.05, 0) is 30.2 Å². The van der Waals surface area contributed by atoms with E-state index in [1.807, 2.05) is 23.6 Å². The van der Waals surface area contributed by atoms with Gasteiger partial charge in [0.1, 0.15) is 10.8 Å². The minimum Gasteiger partial charge on any atom is -0.350 e. The van der Waals surface area contributed by atoms with Crippen molar-refractivity contribution in [2.75, 3.05) is 0 Å². The first-order valence-electron chi connectivity index (χ1n) is 7.63. The number of aromatic nitrogens is 1. The third kappa shape index (κ3) is 4.06. The van der Waals surface area contributed by atoms with Gasteiger partial charge in [0.05, 0.1) is 18.7 Å². The normalized spacial score (nSPS) is 10.6. The molecule has 1 amide bonds. The summed E-state index contributed by atoms with van der Waals surface area (Å²) in [7, 11) is 0. The van der Waals surface area contributed by atoms with Crippen molar-refractivity contribution in [3.63, 3.8) is 0 Å². The molecule has 0 aliphatic heterocycles. The second-order valence-corrected chi connectivity index (χ2v) is 6.40. The molecular formula is C19H17FN2OS. The number of nitrogens with zero attached hydrogens (tertiary/aromatic N) is 1. The molecule has 1 heterocycles. The van der Waals surface area contributed by atoms with Crippen LogP contribution in [0, 0.1) is 12.7 Å². The third-order valence-corrected chi connectivity index (χ3v) is 4.60. The van der Waals surface area contributed by atoms with Crippen LogP contribution in [-0.2, 0) is 17.8 Å². The largest absolute Gasteiger partial charge is 0.350 e. The highest BCUT2D eigenvalue weighted by atomic mass is 32.1. The quantitative estimate of drug-likeness (QED) is 0.759. The Bertz CT molecular complexity index is 843. The Labute approximate surface area is 144 Å². The maximum absolute atomic E-state index is 12.9. The van der Waals surface area contributed by atoms with E-state index in [-0.39, 0.29) is 18.1 Å². The molecule has 3 rings (SSSR count). The molecule has 0 saturated heterocycles. The summed E-state index contributed by atoms with van der Waals surface area (Å²) in [5.74, 6) is -0.405. The van der Waals surface area contributed by atoms with E-state index in [1.165, 1.54) is 17.7 Å². The first-order valence-corrected chi connectivity index (χ1v) is 8.51. The van der Waals surface area contributed by atoms with Gasteiger partial charge >= 0.3 is 0 Å². The van der Waals surface area contributed by atoms with E-state index >= 15 is 0 Å². The van der Waals surface area contributed by atoms with Crippen molar-refractivity contribution >= 4 is 17.2 Å². The van der Waals surface area contributed by atoms with Crippen LogP contribution >= 0.6 is 11.3 Å². The molecule has 0 aliphatic rings. The molecule has 0 spiro atoms. The van der Waals surface area contributed by atoms with Crippen molar-refractivity contribution in [2.45, 2.75) is 19.9 Å². The van der Waals surface area contributed by atoms with Gasteiger partial charge < -0.3 is 5.32 Å². The summed E-state index contributed by atoms with van der Waals surface area (Å²) >= 11 is 1.57. The average molecular weight is 340 g/mol. The minimum absolute atomic E-state index is 0.105. The van der Waals surface area contributed by atoms with Crippen LogP contribution in [-0.4, -0.2) is 10.9 Å². The van der Waals surface area contributed by atoms with Crippen molar-refractivity contribution in [1.82, 2.24) is 10.3 Å². The number of aryl methyl sites for hydroxylation is 1. The van der Waals surface area contributed by atoms with Crippen LogP contribution in [0.3, 0.4) is 0 Å². The fourth-order valence-electron chi connectivity index (χ4n) is 2.36. The highest BCUT2D eigenvalue weighted by molar-refractivity contribution is 7.13. The number of thiazole rings is 1. The van der Waals surface area contributed by atoms with Gasteiger partial charge in [0.2, 0.25) is 5.91 Å². The molecule has 0 unspecified atom stereocenters. The molecule has 0 saturated carbocycles. The van der Waals surface area contributed by atoms with Gasteiger partial charge in [-0.3, -0.25) is 4.79 Å². The molecule has 0 fully saturated rings. The zero-order valence-corrected chi connectivity index (χ0v) is 14.1. The molecule has 24 heavy (non-hydrogen) atoms. The maximum Gasteiger partial charge on any atom is 0.224 e. The number of halogens is 1. The summed E-state index contributed by atoms with van der Waals surface area (Å²) in [6.07, 6.45) is 0.231. The molecule has 0 atom stereocenters. The molecule has 3 nitrogen and oxygen atoms in total. The fourth-order valence-corrected chi connectivity index (χ4v) is 3.27. The highest BCUT2D eigenvalue weighted by Gasteiger charge is 2.08. The van der Waals surface area contributed by atoms with Crippen molar-refractivity contribution in [2.24, 2.45) is 0 Å². The van der Waals surface area contributed by atoms with Gasteiger partial charge in [0.15, 0.2) is 0 Å². The number of nitrogens with one attached hydrogen (secondary N) is 1. The Balaban J connectivity index is 1.58. The van der Waals surface area contributed by atoms with Gasteiger partial charge in [-0.1, -0.05) is 36.4 Å². The average Bonchev–Trinajstić information content (AvgIpc) is 3.04. The fraction of sp³-hybridized carbons (Fsp3) is 0.158. The van der Waals surface area contributed by atoms with Crippen LogP contribution in [0.5, 0.6) is 0 Å². The predicted octanol–water partition coefficient (Wildman–Crippen LogP) is 4.12. The van der Waals surface area contributed by atoms with E-state index in [9.17, 15) is 9.18 Å². The topological polar surface area (TPSA) is 42.0 Å². The molecule has 1 aromatic heterocycles. The summed E-state index contributed by atoms with van der Waals surface area (Å²) in [5, 5.41) is 5.77. The minimum atomic E-state index is -0.301. The molecule has 5 heteroatoms. The summed E-state index contributed by atoms with van der Waals surface area (Å²) in [6.45, 7) is 2.45. The Morgan fingerprint density at radius 3 is 2.67 bits per heavy atom. The van der Waals surface area contributed by atoms with Crippen LogP contribution in [0.25, 0.3) is 10.6 Å². The number of carbonyl (C=O) groups excluding carboxylic acids is 1. The lowest BCUT2D eigenvalue weighted by atomic mass is 10.1. The summed E-state index contributed by atoms with van der Waals surface area (Å²) < 4.78 is 12.9. The van der Waals surface area contributed by atoms with E-state index in [0.717, 1.165) is 21.8 Å². The molecule has 0 aliphatic carbocycles. The summed E-state index contributed by atoms with van der Waals surface area (Å²) in [5.41, 5.74) is 3.92.